The number of nitrogens with one attached hydrogen (secondary N) is 2. The first-order chi connectivity index (χ1) is 13.0. The van der Waals surface area contributed by atoms with Gasteiger partial charge in [0.15, 0.2) is 5.11 Å². The molecule has 1 saturated heterocycles. The van der Waals surface area contributed by atoms with Crippen LogP contribution >= 0.6 is 23.6 Å². The Morgan fingerprint density at radius 1 is 1.30 bits per heavy atom. The zero-order valence-electron chi connectivity index (χ0n) is 15.0. The molecule has 0 radical (unpaired) electrons. The van der Waals surface area contributed by atoms with Gasteiger partial charge in [-0.15, -0.1) is 11.3 Å². The Kier molecular flexibility index (Phi) is 6.73. The summed E-state index contributed by atoms with van der Waals surface area (Å²) >= 11 is 7.19. The van der Waals surface area contributed by atoms with Gasteiger partial charge in [-0.25, -0.2) is 0 Å². The zero-order chi connectivity index (χ0) is 19.2. The van der Waals surface area contributed by atoms with Crippen LogP contribution in [0.3, 0.4) is 0 Å². The largest absolute Gasteiger partial charge is 0.379 e. The first-order valence-electron chi connectivity index (χ1n) is 8.72. The third-order valence-corrected chi connectivity index (χ3v) is 5.60. The van der Waals surface area contributed by atoms with E-state index in [1.165, 1.54) is 17.0 Å². The number of hydrogen-bond donors (Lipinski definition) is 2. The summed E-state index contributed by atoms with van der Waals surface area (Å²) in [6.45, 7) is 5.36. The molecule has 1 aliphatic rings. The molecule has 27 heavy (non-hydrogen) atoms. The van der Waals surface area contributed by atoms with Crippen LogP contribution in [0, 0.1) is 10.1 Å². The highest BCUT2D eigenvalue weighted by Gasteiger charge is 2.28. The van der Waals surface area contributed by atoms with Crippen molar-refractivity contribution in [3.63, 3.8) is 0 Å². The molecular weight excluding hydrogens is 384 g/mol. The van der Waals surface area contributed by atoms with Gasteiger partial charge in [-0.05, 0) is 42.7 Å². The predicted molar refractivity (Wildman–Crippen MR) is 111 cm³/mol. The minimum atomic E-state index is -0.420. The third kappa shape index (κ3) is 5.23. The average molecular weight is 407 g/mol. The fourth-order valence-corrected chi connectivity index (χ4v) is 4.44. The summed E-state index contributed by atoms with van der Waals surface area (Å²) in [7, 11) is 0. The maximum atomic E-state index is 10.8. The summed E-state index contributed by atoms with van der Waals surface area (Å²) in [5.41, 5.74) is 0.766. The first kappa shape index (κ1) is 19.7. The zero-order valence-corrected chi connectivity index (χ0v) is 16.6. The number of rotatable bonds is 6. The van der Waals surface area contributed by atoms with Crippen molar-refractivity contribution in [2.24, 2.45) is 0 Å². The summed E-state index contributed by atoms with van der Waals surface area (Å²) in [5.74, 6) is 0. The molecule has 2 aromatic rings. The van der Waals surface area contributed by atoms with E-state index in [1.54, 1.807) is 23.5 Å². The molecule has 144 valence electrons. The van der Waals surface area contributed by atoms with Crippen LogP contribution in [-0.4, -0.2) is 47.3 Å². The number of ether oxygens (including phenoxy) is 1. The van der Waals surface area contributed by atoms with Crippen LogP contribution < -0.4 is 10.6 Å². The molecule has 0 amide bonds. The van der Waals surface area contributed by atoms with Crippen LogP contribution in [0.15, 0.2) is 41.8 Å². The Labute approximate surface area is 167 Å². The van der Waals surface area contributed by atoms with Crippen LogP contribution in [0.1, 0.15) is 17.8 Å². The molecule has 7 nitrogen and oxygen atoms in total. The van der Waals surface area contributed by atoms with Crippen LogP contribution in [-0.2, 0) is 4.74 Å². The van der Waals surface area contributed by atoms with E-state index in [1.807, 2.05) is 0 Å². The van der Waals surface area contributed by atoms with E-state index < -0.39 is 4.92 Å². The molecule has 2 unspecified atom stereocenters. The number of thiocarbonyl (C=S) groups is 1. The standard InChI is InChI=1S/C18H22N4O3S2/c1-13(17(16-3-2-12-27-16)21-8-10-25-11-9-21)19-18(26)20-14-4-6-15(7-5-14)22(23)24/h2-7,12-13,17H,8-11H2,1H3,(H2,19,20,26). The summed E-state index contributed by atoms with van der Waals surface area (Å²) in [4.78, 5) is 14.0. The van der Waals surface area contributed by atoms with Gasteiger partial charge in [-0.1, -0.05) is 6.07 Å². The molecule has 1 fully saturated rings. The molecule has 2 atom stereocenters. The smallest absolute Gasteiger partial charge is 0.269 e. The average Bonchev–Trinajstić information content (AvgIpc) is 3.17. The molecular formula is C18H22N4O3S2. The molecule has 9 heteroatoms. The van der Waals surface area contributed by atoms with E-state index in [4.69, 9.17) is 17.0 Å². The highest BCUT2D eigenvalue weighted by molar-refractivity contribution is 7.80. The van der Waals surface area contributed by atoms with Crippen LogP contribution in [0.5, 0.6) is 0 Å². The predicted octanol–water partition coefficient (Wildman–Crippen LogP) is 3.40. The quantitative estimate of drug-likeness (QED) is 0.432. The fourth-order valence-electron chi connectivity index (χ4n) is 3.18. The highest BCUT2D eigenvalue weighted by atomic mass is 32.1. The van der Waals surface area contributed by atoms with Crippen molar-refractivity contribution in [2.45, 2.75) is 19.0 Å². The van der Waals surface area contributed by atoms with E-state index in [9.17, 15) is 10.1 Å². The topological polar surface area (TPSA) is 79.7 Å². The molecule has 0 aliphatic carbocycles. The molecule has 0 bridgehead atoms. The van der Waals surface area contributed by atoms with Crippen molar-refractivity contribution >= 4 is 40.0 Å². The number of non-ortho nitro benzene ring substituents is 1. The number of thiophene rings is 1. The number of hydrogen-bond acceptors (Lipinski definition) is 6. The molecule has 2 heterocycles. The lowest BCUT2D eigenvalue weighted by Crippen LogP contribution is -2.49. The summed E-state index contributed by atoms with van der Waals surface area (Å²) in [6.07, 6.45) is 0. The lowest BCUT2D eigenvalue weighted by Gasteiger charge is -2.38. The molecule has 0 saturated carbocycles. The van der Waals surface area contributed by atoms with Gasteiger partial charge in [-0.3, -0.25) is 15.0 Å². The third-order valence-electron chi connectivity index (χ3n) is 4.44. The minimum absolute atomic E-state index is 0.0536. The van der Waals surface area contributed by atoms with Gasteiger partial charge in [0.2, 0.25) is 0 Å². The number of nitro groups is 1. The summed E-state index contributed by atoms with van der Waals surface area (Å²) in [6, 6.07) is 10.7. The number of nitro benzene ring substituents is 1. The number of nitrogens with zero attached hydrogens (tertiary/aromatic N) is 2. The Bertz CT molecular complexity index is 761. The van der Waals surface area contributed by atoms with Gasteiger partial charge in [0.25, 0.3) is 5.69 Å². The summed E-state index contributed by atoms with van der Waals surface area (Å²) < 4.78 is 5.49. The van der Waals surface area contributed by atoms with E-state index in [2.05, 4.69) is 40.0 Å². The van der Waals surface area contributed by atoms with Crippen molar-refractivity contribution in [1.82, 2.24) is 10.2 Å². The monoisotopic (exact) mass is 406 g/mol. The maximum Gasteiger partial charge on any atom is 0.269 e. The Hall–Kier alpha value is -2.07. The minimum Gasteiger partial charge on any atom is -0.379 e. The second-order valence-corrected chi connectivity index (χ2v) is 7.69. The summed E-state index contributed by atoms with van der Waals surface area (Å²) in [5, 5.41) is 19.8. The van der Waals surface area contributed by atoms with Crippen LogP contribution in [0.2, 0.25) is 0 Å². The van der Waals surface area contributed by atoms with Gasteiger partial charge in [-0.2, -0.15) is 0 Å². The lowest BCUT2D eigenvalue weighted by molar-refractivity contribution is -0.384. The van der Waals surface area contributed by atoms with Crippen molar-refractivity contribution < 1.29 is 9.66 Å². The number of morpholine rings is 1. The second-order valence-electron chi connectivity index (χ2n) is 6.30. The Morgan fingerprint density at radius 2 is 2.00 bits per heavy atom. The fraction of sp³-hybridized carbons (Fsp3) is 0.389. The Morgan fingerprint density at radius 3 is 2.59 bits per heavy atom. The molecule has 3 rings (SSSR count). The molecule has 1 aliphatic heterocycles. The number of benzene rings is 1. The van der Waals surface area contributed by atoms with Gasteiger partial charge < -0.3 is 15.4 Å². The molecule has 1 aromatic carbocycles. The Balaban J connectivity index is 1.64. The van der Waals surface area contributed by atoms with Crippen molar-refractivity contribution in [3.8, 4) is 0 Å². The first-order valence-corrected chi connectivity index (χ1v) is 10.0. The molecule has 1 aromatic heterocycles. The van der Waals surface area contributed by atoms with E-state index in [0.29, 0.717) is 10.8 Å². The van der Waals surface area contributed by atoms with E-state index in [-0.39, 0.29) is 17.8 Å². The molecule has 2 N–H and O–H groups in total. The van der Waals surface area contributed by atoms with Crippen LogP contribution in [0.4, 0.5) is 11.4 Å². The SMILES string of the molecule is CC(NC(=S)Nc1ccc([N+](=O)[O-])cc1)C(c1cccs1)N1CCOCC1. The number of anilines is 1. The van der Waals surface area contributed by atoms with E-state index >= 15 is 0 Å². The van der Waals surface area contributed by atoms with Crippen molar-refractivity contribution in [2.75, 3.05) is 31.6 Å². The van der Waals surface area contributed by atoms with Gasteiger partial charge in [0.05, 0.1) is 24.2 Å². The lowest BCUT2D eigenvalue weighted by atomic mass is 10.1. The van der Waals surface area contributed by atoms with Crippen molar-refractivity contribution in [3.05, 3.63) is 56.8 Å². The normalized spacial score (nSPS) is 17.1. The van der Waals surface area contributed by atoms with Crippen molar-refractivity contribution in [1.29, 1.82) is 0 Å². The van der Waals surface area contributed by atoms with E-state index in [0.717, 1.165) is 26.3 Å². The maximum absolute atomic E-state index is 10.8. The van der Waals surface area contributed by atoms with Gasteiger partial charge in [0.1, 0.15) is 0 Å². The molecule has 0 spiro atoms. The van der Waals surface area contributed by atoms with Gasteiger partial charge >= 0.3 is 0 Å². The van der Waals surface area contributed by atoms with Gasteiger partial charge in [0, 0.05) is 41.8 Å². The highest BCUT2D eigenvalue weighted by Crippen LogP contribution is 2.29. The van der Waals surface area contributed by atoms with Crippen LogP contribution in [0.25, 0.3) is 0 Å². The second kappa shape index (κ2) is 9.23.